The molecule has 0 atom stereocenters. The van der Waals surface area contributed by atoms with E-state index >= 15 is 0 Å². The second kappa shape index (κ2) is 6.23. The van der Waals surface area contributed by atoms with Gasteiger partial charge >= 0.3 is 5.97 Å². The number of hydrogen-bond donors (Lipinski definition) is 0. The smallest absolute Gasteiger partial charge is 0.309 e. The van der Waals surface area contributed by atoms with Gasteiger partial charge in [-0.05, 0) is 24.0 Å². The SMILES string of the molecule is CCCCc1cccc(CC(=O)OC)c1. The molecule has 0 spiro atoms. The van der Waals surface area contributed by atoms with E-state index in [-0.39, 0.29) is 5.97 Å². The van der Waals surface area contributed by atoms with Crippen LogP contribution in [0.25, 0.3) is 0 Å². The van der Waals surface area contributed by atoms with Crippen LogP contribution in [-0.4, -0.2) is 13.1 Å². The van der Waals surface area contributed by atoms with Gasteiger partial charge in [0.15, 0.2) is 0 Å². The molecule has 0 bridgehead atoms. The van der Waals surface area contributed by atoms with Crippen LogP contribution in [0, 0.1) is 0 Å². The lowest BCUT2D eigenvalue weighted by Crippen LogP contribution is -2.04. The number of rotatable bonds is 5. The van der Waals surface area contributed by atoms with Crippen molar-refractivity contribution < 1.29 is 9.53 Å². The first-order valence-corrected chi connectivity index (χ1v) is 5.41. The number of esters is 1. The third-order valence-electron chi connectivity index (χ3n) is 2.39. The van der Waals surface area contributed by atoms with Gasteiger partial charge in [-0.15, -0.1) is 0 Å². The molecule has 0 unspecified atom stereocenters. The maximum absolute atomic E-state index is 11.1. The maximum atomic E-state index is 11.1. The van der Waals surface area contributed by atoms with Gasteiger partial charge in [-0.3, -0.25) is 4.79 Å². The van der Waals surface area contributed by atoms with Crippen LogP contribution < -0.4 is 0 Å². The van der Waals surface area contributed by atoms with Crippen LogP contribution in [0.3, 0.4) is 0 Å². The van der Waals surface area contributed by atoms with Gasteiger partial charge in [0, 0.05) is 0 Å². The standard InChI is InChI=1S/C13H18O2/c1-3-4-6-11-7-5-8-12(9-11)10-13(14)15-2/h5,7-9H,3-4,6,10H2,1-2H3. The van der Waals surface area contributed by atoms with Gasteiger partial charge < -0.3 is 4.74 Å². The third kappa shape index (κ3) is 4.15. The zero-order valence-corrected chi connectivity index (χ0v) is 9.45. The lowest BCUT2D eigenvalue weighted by Gasteiger charge is -2.03. The van der Waals surface area contributed by atoms with E-state index < -0.39 is 0 Å². The predicted molar refractivity (Wildman–Crippen MR) is 60.8 cm³/mol. The second-order valence-electron chi connectivity index (χ2n) is 3.68. The second-order valence-corrected chi connectivity index (χ2v) is 3.68. The molecule has 2 heteroatoms. The minimum atomic E-state index is -0.178. The van der Waals surface area contributed by atoms with Crippen molar-refractivity contribution in [2.24, 2.45) is 0 Å². The van der Waals surface area contributed by atoms with Crippen molar-refractivity contribution in [2.45, 2.75) is 32.6 Å². The Morgan fingerprint density at radius 3 is 2.73 bits per heavy atom. The molecule has 0 saturated carbocycles. The number of benzene rings is 1. The lowest BCUT2D eigenvalue weighted by molar-refractivity contribution is -0.139. The molecule has 0 aliphatic carbocycles. The van der Waals surface area contributed by atoms with E-state index in [0.29, 0.717) is 6.42 Å². The van der Waals surface area contributed by atoms with E-state index in [1.54, 1.807) is 0 Å². The number of methoxy groups -OCH3 is 1. The van der Waals surface area contributed by atoms with Crippen LogP contribution in [0.5, 0.6) is 0 Å². The number of unbranched alkanes of at least 4 members (excludes halogenated alkanes) is 1. The summed E-state index contributed by atoms with van der Waals surface area (Å²) in [5, 5.41) is 0. The minimum Gasteiger partial charge on any atom is -0.469 e. The summed E-state index contributed by atoms with van der Waals surface area (Å²) < 4.78 is 4.64. The van der Waals surface area contributed by atoms with Gasteiger partial charge in [0.05, 0.1) is 13.5 Å². The number of carbonyl (C=O) groups excluding carboxylic acids is 1. The maximum Gasteiger partial charge on any atom is 0.309 e. The molecule has 0 heterocycles. The highest BCUT2D eigenvalue weighted by atomic mass is 16.5. The number of ether oxygens (including phenoxy) is 1. The van der Waals surface area contributed by atoms with Crippen molar-refractivity contribution in [1.82, 2.24) is 0 Å². The Hall–Kier alpha value is -1.31. The molecule has 1 aromatic rings. The molecule has 1 rings (SSSR count). The van der Waals surface area contributed by atoms with Crippen LogP contribution in [0.4, 0.5) is 0 Å². The van der Waals surface area contributed by atoms with Gasteiger partial charge in [0.2, 0.25) is 0 Å². The average molecular weight is 206 g/mol. The Morgan fingerprint density at radius 1 is 1.33 bits per heavy atom. The lowest BCUT2D eigenvalue weighted by atomic mass is 10.0. The normalized spacial score (nSPS) is 10.0. The summed E-state index contributed by atoms with van der Waals surface area (Å²) in [6, 6.07) is 8.17. The molecule has 0 fully saturated rings. The van der Waals surface area contributed by atoms with E-state index in [2.05, 4.69) is 23.8 Å². The highest BCUT2D eigenvalue weighted by molar-refractivity contribution is 5.72. The molecule has 0 saturated heterocycles. The molecule has 2 nitrogen and oxygen atoms in total. The van der Waals surface area contributed by atoms with Gasteiger partial charge in [-0.25, -0.2) is 0 Å². The van der Waals surface area contributed by atoms with E-state index in [0.717, 1.165) is 12.0 Å². The Balaban J connectivity index is 2.61. The topological polar surface area (TPSA) is 26.3 Å². The minimum absolute atomic E-state index is 0.178. The zero-order valence-electron chi connectivity index (χ0n) is 9.45. The Morgan fingerprint density at radius 2 is 2.07 bits per heavy atom. The summed E-state index contributed by atoms with van der Waals surface area (Å²) >= 11 is 0. The highest BCUT2D eigenvalue weighted by Crippen LogP contribution is 2.09. The predicted octanol–water partition coefficient (Wildman–Crippen LogP) is 2.74. The molecule has 15 heavy (non-hydrogen) atoms. The quantitative estimate of drug-likeness (QED) is 0.692. The molecular formula is C13H18O2. The number of aryl methyl sites for hydroxylation is 1. The highest BCUT2D eigenvalue weighted by Gasteiger charge is 2.02. The number of carbonyl (C=O) groups is 1. The molecule has 0 radical (unpaired) electrons. The zero-order chi connectivity index (χ0) is 11.1. The van der Waals surface area contributed by atoms with Crippen LogP contribution in [0.15, 0.2) is 24.3 Å². The van der Waals surface area contributed by atoms with Crippen molar-refractivity contribution in [2.75, 3.05) is 7.11 Å². The Labute approximate surface area is 91.3 Å². The summed E-state index contributed by atoms with van der Waals surface area (Å²) in [6.07, 6.45) is 3.85. The van der Waals surface area contributed by atoms with E-state index in [9.17, 15) is 4.79 Å². The van der Waals surface area contributed by atoms with Crippen LogP contribution >= 0.6 is 0 Å². The van der Waals surface area contributed by atoms with E-state index in [1.165, 1.54) is 25.5 Å². The summed E-state index contributed by atoms with van der Waals surface area (Å²) in [4.78, 5) is 11.1. The number of hydrogen-bond acceptors (Lipinski definition) is 2. The fourth-order valence-electron chi connectivity index (χ4n) is 1.51. The van der Waals surface area contributed by atoms with Crippen molar-refractivity contribution in [1.29, 1.82) is 0 Å². The molecular weight excluding hydrogens is 188 g/mol. The summed E-state index contributed by atoms with van der Waals surface area (Å²) in [5.41, 5.74) is 2.34. The fraction of sp³-hybridized carbons (Fsp3) is 0.462. The first-order valence-electron chi connectivity index (χ1n) is 5.41. The van der Waals surface area contributed by atoms with Crippen molar-refractivity contribution in [3.05, 3.63) is 35.4 Å². The fourth-order valence-corrected chi connectivity index (χ4v) is 1.51. The van der Waals surface area contributed by atoms with Gasteiger partial charge in [0.1, 0.15) is 0 Å². The summed E-state index contributed by atoms with van der Waals surface area (Å²) in [5.74, 6) is -0.178. The van der Waals surface area contributed by atoms with E-state index in [4.69, 9.17) is 0 Å². The van der Waals surface area contributed by atoms with Gasteiger partial charge in [-0.2, -0.15) is 0 Å². The van der Waals surface area contributed by atoms with Crippen LogP contribution in [0.1, 0.15) is 30.9 Å². The van der Waals surface area contributed by atoms with E-state index in [1.807, 2.05) is 12.1 Å². The van der Waals surface area contributed by atoms with Crippen LogP contribution in [-0.2, 0) is 22.4 Å². The van der Waals surface area contributed by atoms with Crippen LogP contribution in [0.2, 0.25) is 0 Å². The van der Waals surface area contributed by atoms with Crippen molar-refractivity contribution in [3.8, 4) is 0 Å². The average Bonchev–Trinajstić information content (AvgIpc) is 2.26. The molecule has 0 N–H and O–H groups in total. The molecule has 0 amide bonds. The van der Waals surface area contributed by atoms with Crippen molar-refractivity contribution in [3.63, 3.8) is 0 Å². The Kier molecular flexibility index (Phi) is 4.88. The van der Waals surface area contributed by atoms with Gasteiger partial charge in [-0.1, -0.05) is 37.6 Å². The first kappa shape index (κ1) is 11.8. The molecule has 1 aromatic carbocycles. The van der Waals surface area contributed by atoms with Crippen molar-refractivity contribution >= 4 is 5.97 Å². The molecule has 0 aliphatic heterocycles. The monoisotopic (exact) mass is 206 g/mol. The summed E-state index contributed by atoms with van der Waals surface area (Å²) in [6.45, 7) is 2.18. The summed E-state index contributed by atoms with van der Waals surface area (Å²) in [7, 11) is 1.42. The third-order valence-corrected chi connectivity index (χ3v) is 2.39. The molecule has 0 aliphatic rings. The Bertz CT molecular complexity index is 318. The molecule has 82 valence electrons. The first-order chi connectivity index (χ1) is 7.26. The molecule has 0 aromatic heterocycles. The largest absolute Gasteiger partial charge is 0.469 e. The van der Waals surface area contributed by atoms with Gasteiger partial charge in [0.25, 0.3) is 0 Å².